The van der Waals surface area contributed by atoms with Crippen molar-refractivity contribution in [1.29, 1.82) is 0 Å². The van der Waals surface area contributed by atoms with E-state index in [2.05, 4.69) is 40.7 Å². The quantitative estimate of drug-likeness (QED) is 0.0263. The minimum Gasteiger partial charge on any atom is -0.479 e. The topological polar surface area (TPSA) is 565 Å². The predicted molar refractivity (Wildman–Crippen MR) is 347 cm³/mol. The highest BCUT2D eigenvalue weighted by Crippen LogP contribution is 2.76. The van der Waals surface area contributed by atoms with E-state index in [0.29, 0.717) is 51.4 Å². The average Bonchev–Trinajstić information content (AvgIpc) is 0.673. The van der Waals surface area contributed by atoms with Crippen LogP contribution in [0.1, 0.15) is 120 Å². The number of hydrogen-bond donors (Lipinski definition) is 19. The number of aldehydes is 1. The molecule has 7 saturated heterocycles. The van der Waals surface area contributed by atoms with Crippen LogP contribution >= 0.6 is 0 Å². The Labute approximate surface area is 610 Å². The van der Waals surface area contributed by atoms with Gasteiger partial charge in [-0.3, -0.25) is 4.79 Å². The number of carbonyl (C=O) groups excluding carboxylic acids is 2. The highest BCUT2D eigenvalue weighted by Gasteiger charge is 2.72. The van der Waals surface area contributed by atoms with Crippen LogP contribution < -0.4 is 0 Å². The molecule has 12 aliphatic rings. The van der Waals surface area contributed by atoms with Crippen molar-refractivity contribution in [2.24, 2.45) is 50.2 Å². The van der Waals surface area contributed by atoms with Crippen LogP contribution in [0.15, 0.2) is 11.6 Å². The summed E-state index contributed by atoms with van der Waals surface area (Å²) >= 11 is 0. The molecule has 5 aliphatic carbocycles. The molecule has 106 heavy (non-hydrogen) atoms. The largest absolute Gasteiger partial charge is 0.479 e. The Morgan fingerprint density at radius 3 is 1.60 bits per heavy atom. The Kier molecular flexibility index (Phi) is 24.3. The van der Waals surface area contributed by atoms with Gasteiger partial charge >= 0.3 is 11.9 Å². The SMILES string of the molecule is C[C@@H]1O[C@@H](O[C@H]2[C@H](OC(=O)[C@]34CCC(C)(C)C[C@H]3C3=CC[C@@H]5[C@@]6(C)CC[C@H](O[C@@H]7O[C@H](C(=O)O)[C@@H](O)[C@H](O[C@@H]8O[C@H](CO)[C@@H](O)[C@H](O)[C@H]8O)[C@H]7O)[C@@](C)(C=O)C6CC[C@@]5(C)[C@]3(C)CC4)OC[C@H](O)[C@@H]2O[C@@H]2O[C@H](C)[C@H](O)[C@H](O)[C@H]2O)[C@H](O)[C@H](O[C@@H]2O[C@H](CO)[C@H](O)[C@H](O)[C@H]2O)[C@H]1O[C@@H]1OC[C@@H](O)[C@H](O)[C@H]1O. The summed E-state index contributed by atoms with van der Waals surface area (Å²) < 4.78 is 85.0. The lowest BCUT2D eigenvalue weighted by Crippen LogP contribution is -2.68. The number of carbonyl (C=O) groups is 3. The van der Waals surface area contributed by atoms with Crippen LogP contribution in [-0.2, 0) is 80.7 Å². The second kappa shape index (κ2) is 31.1. The molecule has 4 saturated carbocycles. The summed E-state index contributed by atoms with van der Waals surface area (Å²) in [6.45, 7) is 12.5. The van der Waals surface area contributed by atoms with Crippen LogP contribution in [-0.4, -0.2) is 351 Å². The Bertz CT molecular complexity index is 3100. The molecule has 0 aromatic rings. The van der Waals surface area contributed by atoms with E-state index in [1.54, 1.807) is 6.92 Å². The van der Waals surface area contributed by atoms with Gasteiger partial charge in [-0.2, -0.15) is 0 Å². The number of carboxylic acid groups (broad SMARTS) is 1. The second-order valence-corrected chi connectivity index (χ2v) is 33.5. The number of aliphatic hydroxyl groups excluding tert-OH is 18. The molecule has 0 aromatic heterocycles. The van der Waals surface area contributed by atoms with E-state index in [0.717, 1.165) is 11.9 Å². The highest BCUT2D eigenvalue weighted by molar-refractivity contribution is 5.79. The molecule has 12 rings (SSSR count). The Hall–Kier alpha value is -2.89. The van der Waals surface area contributed by atoms with Gasteiger partial charge < -0.3 is 168 Å². The molecular formula is C70H110O36. The van der Waals surface area contributed by atoms with Gasteiger partial charge in [-0.05, 0) is 117 Å². The van der Waals surface area contributed by atoms with Gasteiger partial charge in [0.2, 0.25) is 6.29 Å². The van der Waals surface area contributed by atoms with E-state index in [1.807, 2.05) is 0 Å². The van der Waals surface area contributed by atoms with Crippen molar-refractivity contribution in [3.8, 4) is 0 Å². The summed E-state index contributed by atoms with van der Waals surface area (Å²) in [5.41, 5.74) is -3.57. The van der Waals surface area contributed by atoms with Crippen LogP contribution in [0.5, 0.6) is 0 Å². The number of aliphatic hydroxyl groups is 18. The fourth-order valence-corrected chi connectivity index (χ4v) is 20.2. The normalized spacial score (nSPS) is 54.7. The zero-order valence-electron chi connectivity index (χ0n) is 60.4. The summed E-state index contributed by atoms with van der Waals surface area (Å²) in [7, 11) is 0. The number of rotatable bonds is 18. The Morgan fingerprint density at radius 2 is 0.991 bits per heavy atom. The van der Waals surface area contributed by atoms with E-state index < -0.39 is 280 Å². The second-order valence-electron chi connectivity index (χ2n) is 33.5. The maximum atomic E-state index is 16.1. The van der Waals surface area contributed by atoms with Gasteiger partial charge in [-0.1, -0.05) is 53.2 Å². The minimum atomic E-state index is -2.17. The zero-order chi connectivity index (χ0) is 77.3. The first-order chi connectivity index (χ1) is 49.8. The van der Waals surface area contributed by atoms with Crippen LogP contribution in [0.3, 0.4) is 0 Å². The maximum absolute atomic E-state index is 16.1. The number of hydrogen-bond acceptors (Lipinski definition) is 35. The zero-order valence-corrected chi connectivity index (χ0v) is 60.4. The average molecular weight is 1530 g/mol. The van der Waals surface area contributed by atoms with Gasteiger partial charge in [0, 0.05) is 0 Å². The molecule has 606 valence electrons. The Balaban J connectivity index is 0.823. The van der Waals surface area contributed by atoms with Crippen molar-refractivity contribution in [3.63, 3.8) is 0 Å². The third-order valence-electron chi connectivity index (χ3n) is 26.8. The Morgan fingerprint density at radius 1 is 0.481 bits per heavy atom. The molecule has 0 aromatic carbocycles. The molecule has 0 spiro atoms. The number of aliphatic carboxylic acids is 1. The first-order valence-electron chi connectivity index (χ1n) is 36.9. The van der Waals surface area contributed by atoms with Gasteiger partial charge in [0.15, 0.2) is 49.9 Å². The standard InChI is InChI=1S/C70H110O36/c1-25-36(76)40(80)44(84)58(95-25)101-51-30(75)23-94-63(55(51)105-61-49(89)53(103-60-46(86)42(82)39(79)32(21-72)98-60)50(26(2)96-61)100-57-43(83)37(77)29(74)22-93-57)106-64(92)70-17-15-65(3,4)19-28(70)27-9-10-34-66(5)13-12-35(67(6,24-73)33(66)11-14-69(34,8)68(27,7)16-18-70)99-62-48(88)52(47(87)54(104-62)56(90)91)102-59-45(85)41(81)38(78)31(20-71)97-59/h9,24-26,28-55,57-63,71-72,74-89H,10-23H2,1-8H3,(H,90,91)/t25-,26+,28+,29-,30+,31-,32-,33?,34-,35+,36+,37+,38-,39+,40+,41+,42+,43-,44-,45-,46-,47+,48-,49-,50+,51+,52+,53+,54+,55-,57+,58+,59+,60+,61+,62-,63+,66+,67+,68-,69-,70+/m1/s1. The molecule has 19 N–H and O–H groups in total. The lowest BCUT2D eigenvalue weighted by atomic mass is 9.33. The number of carboxylic acids is 1. The van der Waals surface area contributed by atoms with Crippen molar-refractivity contribution in [2.75, 3.05) is 26.4 Å². The first kappa shape index (κ1) is 82.6. The summed E-state index contributed by atoms with van der Waals surface area (Å²) in [6, 6.07) is 0. The number of ether oxygens (including phenoxy) is 14. The molecule has 36 heteroatoms. The summed E-state index contributed by atoms with van der Waals surface area (Å²) in [6.07, 6.45) is -53.9. The van der Waals surface area contributed by atoms with Crippen LogP contribution in [0.4, 0.5) is 0 Å². The molecule has 11 fully saturated rings. The minimum absolute atomic E-state index is 0.0997. The molecule has 0 bridgehead atoms. The summed E-state index contributed by atoms with van der Waals surface area (Å²) in [4.78, 5) is 42.8. The van der Waals surface area contributed by atoms with Gasteiger partial charge in [0.1, 0.15) is 141 Å². The van der Waals surface area contributed by atoms with E-state index in [9.17, 15) is 107 Å². The van der Waals surface area contributed by atoms with E-state index >= 15 is 4.79 Å². The van der Waals surface area contributed by atoms with Crippen molar-refractivity contribution >= 4 is 18.2 Å². The smallest absolute Gasteiger partial charge is 0.335 e. The molecule has 36 nitrogen and oxygen atoms in total. The highest BCUT2D eigenvalue weighted by atomic mass is 16.8. The third-order valence-corrected chi connectivity index (χ3v) is 26.8. The number of allylic oxidation sites excluding steroid dienone is 2. The molecule has 0 radical (unpaired) electrons. The lowest BCUT2D eigenvalue weighted by Gasteiger charge is -2.71. The van der Waals surface area contributed by atoms with E-state index in [1.165, 1.54) is 13.8 Å². The monoisotopic (exact) mass is 1530 g/mol. The van der Waals surface area contributed by atoms with Gasteiger partial charge in [0.25, 0.3) is 0 Å². The molecule has 1 unspecified atom stereocenters. The maximum Gasteiger partial charge on any atom is 0.335 e. The lowest BCUT2D eigenvalue weighted by molar-refractivity contribution is -0.399. The van der Waals surface area contributed by atoms with E-state index in [4.69, 9.17) is 66.3 Å². The predicted octanol–water partition coefficient (Wildman–Crippen LogP) is -5.96. The van der Waals surface area contributed by atoms with Crippen molar-refractivity contribution in [2.45, 2.75) is 328 Å². The number of fused-ring (bicyclic) bond motifs is 7. The van der Waals surface area contributed by atoms with Gasteiger partial charge in [-0.25, -0.2) is 4.79 Å². The van der Waals surface area contributed by atoms with Gasteiger partial charge in [0.05, 0.1) is 55.6 Å². The molecule has 7 heterocycles. The van der Waals surface area contributed by atoms with Crippen LogP contribution in [0.25, 0.3) is 0 Å². The molecule has 7 aliphatic heterocycles. The molecule has 0 amide bonds. The van der Waals surface area contributed by atoms with Gasteiger partial charge in [-0.15, -0.1) is 0 Å². The van der Waals surface area contributed by atoms with E-state index in [-0.39, 0.29) is 30.1 Å². The molecule has 42 atom stereocenters. The number of esters is 1. The van der Waals surface area contributed by atoms with Crippen LogP contribution in [0, 0.1) is 50.2 Å². The van der Waals surface area contributed by atoms with Crippen molar-refractivity contribution < 1.29 is 178 Å². The fourth-order valence-electron chi connectivity index (χ4n) is 20.2. The summed E-state index contributed by atoms with van der Waals surface area (Å²) in [5.74, 6) is -3.37. The van der Waals surface area contributed by atoms with Crippen LogP contribution in [0.2, 0.25) is 0 Å². The van der Waals surface area contributed by atoms with Crippen molar-refractivity contribution in [1.82, 2.24) is 0 Å². The third kappa shape index (κ3) is 14.2. The summed E-state index contributed by atoms with van der Waals surface area (Å²) in [5, 5.41) is 207. The first-order valence-corrected chi connectivity index (χ1v) is 36.9. The van der Waals surface area contributed by atoms with Crippen molar-refractivity contribution in [3.05, 3.63) is 11.6 Å². The molecular weight excluding hydrogens is 1420 g/mol. The fraction of sp³-hybridized carbons (Fsp3) is 0.929.